The van der Waals surface area contributed by atoms with Gasteiger partial charge in [0.1, 0.15) is 5.82 Å². The SMILES string of the molecule is C=CC[C@@H](c1cccc(Br)c1F)N1CCNCC1.Cl.Cl. The third kappa shape index (κ3) is 4.71. The predicted octanol–water partition coefficient (Wildman–Crippen LogP) is 3.95. The fourth-order valence-electron chi connectivity index (χ4n) is 2.40. The van der Waals surface area contributed by atoms with Crippen molar-refractivity contribution in [1.29, 1.82) is 0 Å². The van der Waals surface area contributed by atoms with Gasteiger partial charge in [0.25, 0.3) is 0 Å². The van der Waals surface area contributed by atoms with Crippen LogP contribution in [0, 0.1) is 5.82 Å². The molecule has 114 valence electrons. The normalized spacial score (nSPS) is 16.7. The first kappa shape index (κ1) is 19.9. The maximum Gasteiger partial charge on any atom is 0.142 e. The molecule has 1 fully saturated rings. The number of nitrogens with one attached hydrogen (secondary N) is 1. The standard InChI is InChI=1S/C14H18BrFN2.2ClH/c1-2-4-13(18-9-7-17-8-10-18)11-5-3-6-12(15)14(11)16;;/h2-3,5-6,13,17H,1,4,7-10H2;2*1H/t13-;;/m0../s1. The largest absolute Gasteiger partial charge is 0.314 e. The van der Waals surface area contributed by atoms with Gasteiger partial charge in [-0.2, -0.15) is 0 Å². The minimum absolute atomic E-state index is 0. The summed E-state index contributed by atoms with van der Waals surface area (Å²) in [7, 11) is 0. The van der Waals surface area contributed by atoms with Crippen molar-refractivity contribution < 1.29 is 4.39 Å². The number of hydrogen-bond acceptors (Lipinski definition) is 2. The Morgan fingerprint density at radius 1 is 1.35 bits per heavy atom. The highest BCUT2D eigenvalue weighted by Gasteiger charge is 2.24. The van der Waals surface area contributed by atoms with E-state index in [2.05, 4.69) is 32.7 Å². The van der Waals surface area contributed by atoms with Gasteiger partial charge in [0.2, 0.25) is 0 Å². The number of nitrogens with zero attached hydrogens (tertiary/aromatic N) is 1. The Balaban J connectivity index is 0.00000180. The highest BCUT2D eigenvalue weighted by molar-refractivity contribution is 9.10. The van der Waals surface area contributed by atoms with Crippen LogP contribution in [0.3, 0.4) is 0 Å². The second-order valence-corrected chi connectivity index (χ2v) is 5.32. The van der Waals surface area contributed by atoms with E-state index in [1.807, 2.05) is 18.2 Å². The maximum absolute atomic E-state index is 14.2. The number of piperazine rings is 1. The third-order valence-corrected chi connectivity index (χ3v) is 3.94. The molecular formula is C14H20BrCl2FN2. The molecule has 0 saturated carbocycles. The minimum Gasteiger partial charge on any atom is -0.314 e. The minimum atomic E-state index is -0.150. The molecule has 1 atom stereocenters. The Morgan fingerprint density at radius 2 is 2.00 bits per heavy atom. The molecule has 1 aromatic rings. The zero-order valence-corrected chi connectivity index (χ0v) is 14.4. The fraction of sp³-hybridized carbons (Fsp3) is 0.429. The van der Waals surface area contributed by atoms with Crippen LogP contribution in [0.25, 0.3) is 0 Å². The molecule has 2 rings (SSSR count). The van der Waals surface area contributed by atoms with Crippen LogP contribution in [0.4, 0.5) is 4.39 Å². The molecule has 0 spiro atoms. The van der Waals surface area contributed by atoms with Crippen LogP contribution in [0.5, 0.6) is 0 Å². The number of hydrogen-bond donors (Lipinski definition) is 1. The van der Waals surface area contributed by atoms with Crippen LogP contribution < -0.4 is 5.32 Å². The lowest BCUT2D eigenvalue weighted by atomic mass is 10.0. The lowest BCUT2D eigenvalue weighted by molar-refractivity contribution is 0.171. The number of benzene rings is 1. The van der Waals surface area contributed by atoms with Crippen molar-refractivity contribution in [2.45, 2.75) is 12.5 Å². The zero-order chi connectivity index (χ0) is 13.0. The Morgan fingerprint density at radius 3 is 2.60 bits per heavy atom. The molecule has 0 bridgehead atoms. The maximum atomic E-state index is 14.2. The molecule has 1 N–H and O–H groups in total. The van der Waals surface area contributed by atoms with E-state index in [-0.39, 0.29) is 36.7 Å². The highest BCUT2D eigenvalue weighted by Crippen LogP contribution is 2.30. The number of halogens is 4. The van der Waals surface area contributed by atoms with E-state index in [1.165, 1.54) is 0 Å². The predicted molar refractivity (Wildman–Crippen MR) is 90.6 cm³/mol. The smallest absolute Gasteiger partial charge is 0.142 e. The Kier molecular flexibility index (Phi) is 9.68. The van der Waals surface area contributed by atoms with Gasteiger partial charge < -0.3 is 5.32 Å². The second kappa shape index (κ2) is 9.74. The molecular weight excluding hydrogens is 366 g/mol. The van der Waals surface area contributed by atoms with Crippen molar-refractivity contribution in [3.05, 3.63) is 46.7 Å². The van der Waals surface area contributed by atoms with E-state index in [0.29, 0.717) is 4.47 Å². The van der Waals surface area contributed by atoms with Gasteiger partial charge in [-0.05, 0) is 28.4 Å². The fourth-order valence-corrected chi connectivity index (χ4v) is 2.78. The Labute approximate surface area is 140 Å². The molecule has 1 aliphatic rings. The van der Waals surface area contributed by atoms with Gasteiger partial charge in [0.15, 0.2) is 0 Å². The van der Waals surface area contributed by atoms with E-state index in [1.54, 1.807) is 6.07 Å². The summed E-state index contributed by atoms with van der Waals surface area (Å²) in [5.41, 5.74) is 0.756. The molecule has 2 nitrogen and oxygen atoms in total. The van der Waals surface area contributed by atoms with Gasteiger partial charge in [0.05, 0.1) is 4.47 Å². The molecule has 1 aromatic carbocycles. The van der Waals surface area contributed by atoms with Crippen LogP contribution in [0.15, 0.2) is 35.3 Å². The van der Waals surface area contributed by atoms with Gasteiger partial charge in [0, 0.05) is 37.8 Å². The van der Waals surface area contributed by atoms with E-state index in [0.717, 1.165) is 38.2 Å². The van der Waals surface area contributed by atoms with Crippen molar-refractivity contribution in [2.24, 2.45) is 0 Å². The van der Waals surface area contributed by atoms with E-state index >= 15 is 0 Å². The molecule has 0 radical (unpaired) electrons. The molecule has 1 heterocycles. The van der Waals surface area contributed by atoms with Gasteiger partial charge in [-0.3, -0.25) is 4.90 Å². The average Bonchev–Trinajstić information content (AvgIpc) is 2.41. The first-order chi connectivity index (χ1) is 8.74. The molecule has 20 heavy (non-hydrogen) atoms. The first-order valence-corrected chi connectivity index (χ1v) is 7.03. The van der Waals surface area contributed by atoms with E-state index in [4.69, 9.17) is 0 Å². The van der Waals surface area contributed by atoms with Crippen LogP contribution in [0.2, 0.25) is 0 Å². The van der Waals surface area contributed by atoms with Crippen LogP contribution in [-0.4, -0.2) is 31.1 Å². The third-order valence-electron chi connectivity index (χ3n) is 3.32. The van der Waals surface area contributed by atoms with Gasteiger partial charge in [-0.25, -0.2) is 4.39 Å². The quantitative estimate of drug-likeness (QED) is 0.789. The van der Waals surface area contributed by atoms with Gasteiger partial charge in [-0.1, -0.05) is 18.2 Å². The van der Waals surface area contributed by atoms with Crippen molar-refractivity contribution in [1.82, 2.24) is 10.2 Å². The molecule has 0 amide bonds. The van der Waals surface area contributed by atoms with Crippen LogP contribution >= 0.6 is 40.7 Å². The summed E-state index contributed by atoms with van der Waals surface area (Å²) in [4.78, 5) is 2.32. The Bertz CT molecular complexity index is 426. The summed E-state index contributed by atoms with van der Waals surface area (Å²) in [6, 6.07) is 5.58. The van der Waals surface area contributed by atoms with E-state index < -0.39 is 0 Å². The summed E-state index contributed by atoms with van der Waals surface area (Å²) < 4.78 is 14.7. The highest BCUT2D eigenvalue weighted by atomic mass is 79.9. The Hall–Kier alpha value is -0.130. The van der Waals surface area contributed by atoms with Crippen molar-refractivity contribution >= 4 is 40.7 Å². The molecule has 1 aliphatic heterocycles. The first-order valence-electron chi connectivity index (χ1n) is 6.23. The molecule has 1 saturated heterocycles. The summed E-state index contributed by atoms with van der Waals surface area (Å²) in [6.07, 6.45) is 2.64. The van der Waals surface area contributed by atoms with Crippen LogP contribution in [0.1, 0.15) is 18.0 Å². The summed E-state index contributed by atoms with van der Waals surface area (Å²) in [6.45, 7) is 7.62. The summed E-state index contributed by atoms with van der Waals surface area (Å²) >= 11 is 3.26. The topological polar surface area (TPSA) is 15.3 Å². The zero-order valence-electron chi connectivity index (χ0n) is 11.1. The van der Waals surface area contributed by atoms with Crippen LogP contribution in [-0.2, 0) is 0 Å². The second-order valence-electron chi connectivity index (χ2n) is 4.47. The lowest BCUT2D eigenvalue weighted by Gasteiger charge is -2.35. The molecule has 0 aromatic heterocycles. The molecule has 6 heteroatoms. The number of rotatable bonds is 4. The van der Waals surface area contributed by atoms with Crippen molar-refractivity contribution in [2.75, 3.05) is 26.2 Å². The van der Waals surface area contributed by atoms with E-state index in [9.17, 15) is 4.39 Å². The summed E-state index contributed by atoms with van der Waals surface area (Å²) in [5, 5.41) is 3.32. The van der Waals surface area contributed by atoms with Crippen molar-refractivity contribution in [3.8, 4) is 0 Å². The van der Waals surface area contributed by atoms with Crippen molar-refractivity contribution in [3.63, 3.8) is 0 Å². The molecule has 0 aliphatic carbocycles. The monoisotopic (exact) mass is 384 g/mol. The molecule has 0 unspecified atom stereocenters. The summed E-state index contributed by atoms with van der Waals surface area (Å²) in [5.74, 6) is -0.150. The van der Waals surface area contributed by atoms with Gasteiger partial charge >= 0.3 is 0 Å². The lowest BCUT2D eigenvalue weighted by Crippen LogP contribution is -2.45. The average molecular weight is 386 g/mol. The van der Waals surface area contributed by atoms with Gasteiger partial charge in [-0.15, -0.1) is 31.4 Å².